The zero-order chi connectivity index (χ0) is 15.1. The highest BCUT2D eigenvalue weighted by atomic mass is 16.5. The summed E-state index contributed by atoms with van der Waals surface area (Å²) in [6.45, 7) is 5.42. The minimum atomic E-state index is 0.153. The van der Waals surface area contributed by atoms with Gasteiger partial charge in [0.15, 0.2) is 0 Å². The Balaban J connectivity index is 2.05. The Kier molecular flexibility index (Phi) is 5.51. The van der Waals surface area contributed by atoms with Crippen LogP contribution in [0.15, 0.2) is 36.4 Å². The molecule has 1 unspecified atom stereocenters. The molecule has 0 saturated carbocycles. The summed E-state index contributed by atoms with van der Waals surface area (Å²) in [6, 6.07) is 12.3. The molecule has 2 rings (SSSR count). The fourth-order valence-corrected chi connectivity index (χ4v) is 2.02. The van der Waals surface area contributed by atoms with Crippen molar-refractivity contribution in [2.24, 2.45) is 0 Å². The SMILES string of the molecule is COCCNc1cc(C)nc(NC(C)c2ccccc2)n1. The van der Waals surface area contributed by atoms with Gasteiger partial charge in [-0.1, -0.05) is 30.3 Å². The lowest BCUT2D eigenvalue weighted by atomic mass is 10.1. The van der Waals surface area contributed by atoms with E-state index in [-0.39, 0.29) is 6.04 Å². The van der Waals surface area contributed by atoms with Crippen molar-refractivity contribution >= 4 is 11.8 Å². The molecule has 0 spiro atoms. The number of nitrogens with one attached hydrogen (secondary N) is 2. The molecule has 2 N–H and O–H groups in total. The van der Waals surface area contributed by atoms with E-state index in [0.717, 1.165) is 18.1 Å². The third kappa shape index (κ3) is 4.72. The van der Waals surface area contributed by atoms with Gasteiger partial charge in [-0.25, -0.2) is 4.98 Å². The van der Waals surface area contributed by atoms with E-state index >= 15 is 0 Å². The van der Waals surface area contributed by atoms with Crippen molar-refractivity contribution in [3.05, 3.63) is 47.7 Å². The Labute approximate surface area is 125 Å². The summed E-state index contributed by atoms with van der Waals surface area (Å²) in [5.74, 6) is 1.44. The van der Waals surface area contributed by atoms with Crippen molar-refractivity contribution in [2.45, 2.75) is 19.9 Å². The highest BCUT2D eigenvalue weighted by Crippen LogP contribution is 2.18. The minimum absolute atomic E-state index is 0.153. The molecule has 0 fully saturated rings. The van der Waals surface area contributed by atoms with Gasteiger partial charge in [-0.2, -0.15) is 4.98 Å². The summed E-state index contributed by atoms with van der Waals surface area (Å²) in [7, 11) is 1.68. The van der Waals surface area contributed by atoms with E-state index in [1.807, 2.05) is 31.2 Å². The molecule has 0 radical (unpaired) electrons. The number of anilines is 2. The molecule has 5 nitrogen and oxygen atoms in total. The van der Waals surface area contributed by atoms with E-state index in [4.69, 9.17) is 4.74 Å². The second-order valence-corrected chi connectivity index (χ2v) is 4.91. The van der Waals surface area contributed by atoms with E-state index in [0.29, 0.717) is 12.6 Å². The smallest absolute Gasteiger partial charge is 0.225 e. The number of hydrogen-bond donors (Lipinski definition) is 2. The van der Waals surface area contributed by atoms with E-state index in [9.17, 15) is 0 Å². The van der Waals surface area contributed by atoms with E-state index in [1.54, 1.807) is 7.11 Å². The topological polar surface area (TPSA) is 59.1 Å². The van der Waals surface area contributed by atoms with Crippen molar-refractivity contribution in [3.8, 4) is 0 Å². The zero-order valence-corrected chi connectivity index (χ0v) is 12.8. The van der Waals surface area contributed by atoms with Crippen LogP contribution in [0.5, 0.6) is 0 Å². The number of rotatable bonds is 7. The summed E-state index contributed by atoms with van der Waals surface area (Å²) in [6.07, 6.45) is 0. The number of hydrogen-bond acceptors (Lipinski definition) is 5. The molecule has 1 atom stereocenters. The first kappa shape index (κ1) is 15.3. The Morgan fingerprint density at radius 1 is 1.19 bits per heavy atom. The molecule has 0 aliphatic rings. The molecular formula is C16H22N4O. The molecule has 0 aliphatic carbocycles. The summed E-state index contributed by atoms with van der Waals surface area (Å²) in [4.78, 5) is 8.92. The van der Waals surface area contributed by atoms with E-state index in [2.05, 4.69) is 39.7 Å². The zero-order valence-electron chi connectivity index (χ0n) is 12.8. The number of ether oxygens (including phenoxy) is 1. The number of nitrogens with zero attached hydrogens (tertiary/aromatic N) is 2. The highest BCUT2D eigenvalue weighted by Gasteiger charge is 2.08. The third-order valence-corrected chi connectivity index (χ3v) is 3.11. The first-order valence-corrected chi connectivity index (χ1v) is 7.09. The molecule has 0 saturated heterocycles. The van der Waals surface area contributed by atoms with Gasteiger partial charge in [-0.05, 0) is 19.4 Å². The van der Waals surface area contributed by atoms with Gasteiger partial charge in [0.2, 0.25) is 5.95 Å². The van der Waals surface area contributed by atoms with Crippen LogP contribution in [0.1, 0.15) is 24.2 Å². The van der Waals surface area contributed by atoms with Crippen LogP contribution in [0, 0.1) is 6.92 Å². The highest BCUT2D eigenvalue weighted by molar-refractivity contribution is 5.43. The van der Waals surface area contributed by atoms with Gasteiger partial charge in [0.05, 0.1) is 12.6 Å². The predicted octanol–water partition coefficient (Wildman–Crippen LogP) is 3.02. The van der Waals surface area contributed by atoms with Crippen LogP contribution in [-0.2, 0) is 4.74 Å². The van der Waals surface area contributed by atoms with Crippen LogP contribution in [0.3, 0.4) is 0 Å². The first-order chi connectivity index (χ1) is 10.2. The lowest BCUT2D eigenvalue weighted by molar-refractivity contribution is 0.210. The number of aryl methyl sites for hydroxylation is 1. The van der Waals surface area contributed by atoms with Crippen molar-refractivity contribution in [1.82, 2.24) is 9.97 Å². The lowest BCUT2D eigenvalue weighted by Crippen LogP contribution is -2.13. The van der Waals surface area contributed by atoms with E-state index in [1.165, 1.54) is 5.56 Å². The van der Waals surface area contributed by atoms with Crippen LogP contribution in [0.4, 0.5) is 11.8 Å². The third-order valence-electron chi connectivity index (χ3n) is 3.11. The second kappa shape index (κ2) is 7.59. The van der Waals surface area contributed by atoms with Crippen LogP contribution in [-0.4, -0.2) is 30.2 Å². The van der Waals surface area contributed by atoms with Gasteiger partial charge in [0, 0.05) is 25.4 Å². The quantitative estimate of drug-likeness (QED) is 0.766. The van der Waals surface area contributed by atoms with Gasteiger partial charge in [-0.15, -0.1) is 0 Å². The fraction of sp³-hybridized carbons (Fsp3) is 0.375. The summed E-state index contributed by atoms with van der Waals surface area (Å²) >= 11 is 0. The minimum Gasteiger partial charge on any atom is -0.383 e. The molecule has 2 aromatic rings. The standard InChI is InChI=1S/C16H22N4O/c1-12-11-15(17-9-10-21-3)20-16(18-12)19-13(2)14-7-5-4-6-8-14/h4-8,11,13H,9-10H2,1-3H3,(H2,17,18,19,20). The largest absolute Gasteiger partial charge is 0.383 e. The normalized spacial score (nSPS) is 12.0. The molecule has 0 aliphatic heterocycles. The Morgan fingerprint density at radius 3 is 2.67 bits per heavy atom. The summed E-state index contributed by atoms with van der Waals surface area (Å²) in [5.41, 5.74) is 2.13. The van der Waals surface area contributed by atoms with Crippen LogP contribution >= 0.6 is 0 Å². The number of aromatic nitrogens is 2. The maximum absolute atomic E-state index is 5.02. The Bertz CT molecular complexity index is 559. The van der Waals surface area contributed by atoms with Crippen LogP contribution in [0.25, 0.3) is 0 Å². The van der Waals surface area contributed by atoms with Gasteiger partial charge in [0.1, 0.15) is 5.82 Å². The molecule has 0 amide bonds. The fourth-order valence-electron chi connectivity index (χ4n) is 2.02. The number of benzene rings is 1. The summed E-state index contributed by atoms with van der Waals surface area (Å²) in [5, 5.41) is 6.56. The molecule has 21 heavy (non-hydrogen) atoms. The van der Waals surface area contributed by atoms with Crippen molar-refractivity contribution < 1.29 is 4.74 Å². The molecule has 1 aromatic carbocycles. The Hall–Kier alpha value is -2.14. The monoisotopic (exact) mass is 286 g/mol. The van der Waals surface area contributed by atoms with Crippen LogP contribution in [0.2, 0.25) is 0 Å². The van der Waals surface area contributed by atoms with Crippen molar-refractivity contribution in [3.63, 3.8) is 0 Å². The maximum atomic E-state index is 5.02. The van der Waals surface area contributed by atoms with E-state index < -0.39 is 0 Å². The van der Waals surface area contributed by atoms with Gasteiger partial charge < -0.3 is 15.4 Å². The molecule has 1 aromatic heterocycles. The molecular weight excluding hydrogens is 264 g/mol. The predicted molar refractivity (Wildman–Crippen MR) is 85.6 cm³/mol. The summed E-state index contributed by atoms with van der Waals surface area (Å²) < 4.78 is 5.02. The molecule has 0 bridgehead atoms. The average molecular weight is 286 g/mol. The maximum Gasteiger partial charge on any atom is 0.225 e. The van der Waals surface area contributed by atoms with Crippen molar-refractivity contribution in [2.75, 3.05) is 30.9 Å². The van der Waals surface area contributed by atoms with Gasteiger partial charge >= 0.3 is 0 Å². The first-order valence-electron chi connectivity index (χ1n) is 7.09. The Morgan fingerprint density at radius 2 is 1.95 bits per heavy atom. The number of methoxy groups -OCH3 is 1. The second-order valence-electron chi connectivity index (χ2n) is 4.91. The molecule has 1 heterocycles. The molecule has 5 heteroatoms. The van der Waals surface area contributed by atoms with Crippen LogP contribution < -0.4 is 10.6 Å². The lowest BCUT2D eigenvalue weighted by Gasteiger charge is -2.15. The average Bonchev–Trinajstić information content (AvgIpc) is 2.48. The van der Waals surface area contributed by atoms with Gasteiger partial charge in [0.25, 0.3) is 0 Å². The van der Waals surface area contributed by atoms with Gasteiger partial charge in [-0.3, -0.25) is 0 Å². The molecule has 112 valence electrons. The van der Waals surface area contributed by atoms with Crippen molar-refractivity contribution in [1.29, 1.82) is 0 Å².